The minimum atomic E-state index is -0.131. The highest BCUT2D eigenvalue weighted by Gasteiger charge is 2.29. The molecule has 1 unspecified atom stereocenters. The Labute approximate surface area is 179 Å². The fourth-order valence-electron chi connectivity index (χ4n) is 3.64. The van der Waals surface area contributed by atoms with Crippen LogP contribution in [0.25, 0.3) is 0 Å². The van der Waals surface area contributed by atoms with Gasteiger partial charge in [0, 0.05) is 50.4 Å². The summed E-state index contributed by atoms with van der Waals surface area (Å²) >= 11 is 6.10. The zero-order chi connectivity index (χ0) is 21.1. The average molecular weight is 427 g/mol. The van der Waals surface area contributed by atoms with Gasteiger partial charge in [-0.25, -0.2) is 0 Å². The maximum absolute atomic E-state index is 12.8. The number of amides is 1. The number of ether oxygens (including phenoxy) is 1. The van der Waals surface area contributed by atoms with Gasteiger partial charge in [0.2, 0.25) is 5.56 Å². The van der Waals surface area contributed by atoms with Gasteiger partial charge >= 0.3 is 0 Å². The number of benzene rings is 1. The first-order chi connectivity index (χ1) is 14.5. The third-order valence-electron chi connectivity index (χ3n) is 5.34. The molecule has 1 aromatic carbocycles. The molecule has 156 valence electrons. The number of aryl methyl sites for hydroxylation is 1. The standard InChI is InChI=1S/C22H23ClN4O3/c1-26-13-16(6-7-21(26)28)22(29)27-10-8-15(14-27)19-12-17(24-25-19)9-11-30-20-5-3-2-4-18(20)23/h2-7,12-13,15H,8-11,14H2,1H3,(H,24,25). The lowest BCUT2D eigenvalue weighted by atomic mass is 10.0. The van der Waals surface area contributed by atoms with Crippen molar-refractivity contribution < 1.29 is 9.53 Å². The largest absolute Gasteiger partial charge is 0.492 e. The highest BCUT2D eigenvalue weighted by Crippen LogP contribution is 2.27. The van der Waals surface area contributed by atoms with Crippen molar-refractivity contribution in [2.45, 2.75) is 18.8 Å². The number of halogens is 1. The summed E-state index contributed by atoms with van der Waals surface area (Å²) in [5, 5.41) is 8.11. The highest BCUT2D eigenvalue weighted by atomic mass is 35.5. The number of nitrogens with one attached hydrogen (secondary N) is 1. The van der Waals surface area contributed by atoms with E-state index in [0.717, 1.165) is 17.8 Å². The number of rotatable bonds is 6. The van der Waals surface area contributed by atoms with Gasteiger partial charge in [0.1, 0.15) is 5.75 Å². The molecule has 0 saturated carbocycles. The monoisotopic (exact) mass is 426 g/mol. The number of carbonyl (C=O) groups excluding carboxylic acids is 1. The third kappa shape index (κ3) is 4.41. The van der Waals surface area contributed by atoms with Crippen molar-refractivity contribution in [3.05, 3.63) is 81.0 Å². The van der Waals surface area contributed by atoms with Crippen LogP contribution < -0.4 is 10.3 Å². The number of nitrogens with zero attached hydrogens (tertiary/aromatic N) is 3. The van der Waals surface area contributed by atoms with Crippen molar-refractivity contribution in [1.82, 2.24) is 19.7 Å². The number of aromatic nitrogens is 3. The van der Waals surface area contributed by atoms with Crippen LogP contribution in [0.15, 0.2) is 53.5 Å². The molecule has 1 fully saturated rings. The highest BCUT2D eigenvalue weighted by molar-refractivity contribution is 6.32. The summed E-state index contributed by atoms with van der Waals surface area (Å²) in [4.78, 5) is 26.1. The van der Waals surface area contributed by atoms with Crippen LogP contribution in [0.4, 0.5) is 0 Å². The first-order valence-electron chi connectivity index (χ1n) is 9.89. The number of H-pyrrole nitrogens is 1. The molecule has 4 rings (SSSR count). The number of carbonyl (C=O) groups is 1. The topological polar surface area (TPSA) is 80.2 Å². The molecule has 0 bridgehead atoms. The zero-order valence-corrected chi connectivity index (χ0v) is 17.4. The number of hydrogen-bond donors (Lipinski definition) is 1. The van der Waals surface area contributed by atoms with E-state index in [1.807, 2.05) is 29.2 Å². The second-order valence-corrected chi connectivity index (χ2v) is 7.86. The molecule has 8 heteroatoms. The molecular weight excluding hydrogens is 404 g/mol. The lowest BCUT2D eigenvalue weighted by Gasteiger charge is -2.16. The number of para-hydroxylation sites is 1. The zero-order valence-electron chi connectivity index (χ0n) is 16.7. The van der Waals surface area contributed by atoms with Crippen LogP contribution >= 0.6 is 11.6 Å². The van der Waals surface area contributed by atoms with Gasteiger partial charge in [0.05, 0.1) is 22.9 Å². The molecular formula is C22H23ClN4O3. The second-order valence-electron chi connectivity index (χ2n) is 7.45. The van der Waals surface area contributed by atoms with Gasteiger partial charge < -0.3 is 14.2 Å². The lowest BCUT2D eigenvalue weighted by molar-refractivity contribution is 0.0789. The van der Waals surface area contributed by atoms with Crippen molar-refractivity contribution in [3.63, 3.8) is 0 Å². The van der Waals surface area contributed by atoms with Crippen LogP contribution in [-0.2, 0) is 13.5 Å². The van der Waals surface area contributed by atoms with Crippen LogP contribution in [-0.4, -0.2) is 45.3 Å². The van der Waals surface area contributed by atoms with E-state index in [9.17, 15) is 9.59 Å². The van der Waals surface area contributed by atoms with E-state index in [4.69, 9.17) is 16.3 Å². The van der Waals surface area contributed by atoms with Gasteiger partial charge in [-0.05, 0) is 30.7 Å². The Morgan fingerprint density at radius 2 is 2.13 bits per heavy atom. The van der Waals surface area contributed by atoms with Gasteiger partial charge in [-0.15, -0.1) is 0 Å². The van der Waals surface area contributed by atoms with E-state index in [-0.39, 0.29) is 17.4 Å². The third-order valence-corrected chi connectivity index (χ3v) is 5.66. The van der Waals surface area contributed by atoms with Crippen molar-refractivity contribution in [3.8, 4) is 5.75 Å². The molecule has 0 radical (unpaired) electrons. The number of hydrogen-bond acceptors (Lipinski definition) is 4. The molecule has 0 spiro atoms. The summed E-state index contributed by atoms with van der Waals surface area (Å²) in [6.07, 6.45) is 3.13. The average Bonchev–Trinajstić information content (AvgIpc) is 3.40. The molecule has 2 aromatic heterocycles. The van der Waals surface area contributed by atoms with Gasteiger partial charge in [-0.1, -0.05) is 23.7 Å². The van der Waals surface area contributed by atoms with Crippen LogP contribution in [0.2, 0.25) is 5.02 Å². The van der Waals surface area contributed by atoms with E-state index in [2.05, 4.69) is 10.2 Å². The van der Waals surface area contributed by atoms with Gasteiger partial charge in [0.25, 0.3) is 5.91 Å². The summed E-state index contributed by atoms with van der Waals surface area (Å²) < 4.78 is 7.16. The summed E-state index contributed by atoms with van der Waals surface area (Å²) in [6.45, 7) is 1.78. The Balaban J connectivity index is 1.33. The summed E-state index contributed by atoms with van der Waals surface area (Å²) in [5.41, 5.74) is 2.34. The molecule has 1 aliphatic rings. The minimum Gasteiger partial charge on any atom is -0.492 e. The molecule has 30 heavy (non-hydrogen) atoms. The summed E-state index contributed by atoms with van der Waals surface area (Å²) in [6, 6.07) is 12.4. The first kappa shape index (κ1) is 20.2. The molecule has 0 aliphatic carbocycles. The van der Waals surface area contributed by atoms with E-state index >= 15 is 0 Å². The Bertz CT molecular complexity index is 1110. The van der Waals surface area contributed by atoms with Crippen molar-refractivity contribution in [1.29, 1.82) is 0 Å². The fourth-order valence-corrected chi connectivity index (χ4v) is 3.83. The Morgan fingerprint density at radius 1 is 1.30 bits per heavy atom. The van der Waals surface area contributed by atoms with Gasteiger partial charge in [0.15, 0.2) is 0 Å². The normalized spacial score (nSPS) is 16.1. The number of aromatic amines is 1. The molecule has 1 N–H and O–H groups in total. The van der Waals surface area contributed by atoms with Gasteiger partial charge in [-0.2, -0.15) is 5.10 Å². The maximum Gasteiger partial charge on any atom is 0.255 e. The number of likely N-dealkylation sites (tertiary alicyclic amines) is 1. The van der Waals surface area contributed by atoms with Crippen molar-refractivity contribution >= 4 is 17.5 Å². The molecule has 1 aliphatic heterocycles. The van der Waals surface area contributed by atoms with Crippen LogP contribution in [0.1, 0.15) is 34.1 Å². The molecule has 7 nitrogen and oxygen atoms in total. The van der Waals surface area contributed by atoms with Crippen LogP contribution in [0.3, 0.4) is 0 Å². The molecule has 1 saturated heterocycles. The van der Waals surface area contributed by atoms with E-state index in [1.165, 1.54) is 10.6 Å². The van der Waals surface area contributed by atoms with Crippen LogP contribution in [0.5, 0.6) is 5.75 Å². The lowest BCUT2D eigenvalue weighted by Crippen LogP contribution is -2.29. The fraction of sp³-hybridized carbons (Fsp3) is 0.318. The molecule has 3 heterocycles. The van der Waals surface area contributed by atoms with Gasteiger partial charge in [-0.3, -0.25) is 14.7 Å². The van der Waals surface area contributed by atoms with Crippen molar-refractivity contribution in [2.75, 3.05) is 19.7 Å². The summed E-state index contributed by atoms with van der Waals surface area (Å²) in [5.74, 6) is 0.801. The maximum atomic E-state index is 12.8. The summed E-state index contributed by atoms with van der Waals surface area (Å²) in [7, 11) is 1.65. The smallest absolute Gasteiger partial charge is 0.255 e. The Hall–Kier alpha value is -3.06. The van der Waals surface area contributed by atoms with Crippen LogP contribution in [0, 0.1) is 0 Å². The number of pyridine rings is 1. The van der Waals surface area contributed by atoms with E-state index < -0.39 is 0 Å². The van der Waals surface area contributed by atoms with E-state index in [0.29, 0.717) is 42.5 Å². The second kappa shape index (κ2) is 8.75. The predicted octanol–water partition coefficient (Wildman–Crippen LogP) is 3.01. The minimum absolute atomic E-state index is 0.0583. The SMILES string of the molecule is Cn1cc(C(=O)N2CCC(c3cc(CCOc4ccccc4Cl)[nH]n3)C2)ccc1=O. The van der Waals surface area contributed by atoms with E-state index in [1.54, 1.807) is 25.4 Å². The molecule has 3 aromatic rings. The Kier molecular flexibility index (Phi) is 5.90. The molecule has 1 atom stereocenters. The quantitative estimate of drug-likeness (QED) is 0.657. The Morgan fingerprint density at radius 3 is 2.93 bits per heavy atom. The predicted molar refractivity (Wildman–Crippen MR) is 114 cm³/mol. The first-order valence-corrected chi connectivity index (χ1v) is 10.3. The molecule has 1 amide bonds. The van der Waals surface area contributed by atoms with Crippen molar-refractivity contribution in [2.24, 2.45) is 7.05 Å².